The first-order valence-electron chi connectivity index (χ1n) is 8.26. The number of amides is 2. The number of rotatable bonds is 5. The number of carbonyl (C=O) groups is 3. The van der Waals surface area contributed by atoms with E-state index in [1.807, 2.05) is 19.1 Å². The highest BCUT2D eigenvalue weighted by Crippen LogP contribution is 2.37. The molecule has 0 bridgehead atoms. The normalized spacial score (nSPS) is 16.2. The van der Waals surface area contributed by atoms with E-state index in [1.54, 1.807) is 12.1 Å². The molecule has 0 aliphatic heterocycles. The van der Waals surface area contributed by atoms with Gasteiger partial charge in [-0.2, -0.15) is 0 Å². The number of anilines is 1. The molecule has 2 rings (SSSR count). The molecule has 6 heteroatoms. The van der Waals surface area contributed by atoms with Gasteiger partial charge in [-0.05, 0) is 36.7 Å². The first kappa shape index (κ1) is 18.5. The van der Waals surface area contributed by atoms with Gasteiger partial charge in [-0.1, -0.05) is 38.3 Å². The Hall–Kier alpha value is -1.82. The molecule has 1 aromatic carbocycles. The fourth-order valence-electron chi connectivity index (χ4n) is 2.85. The topological polar surface area (TPSA) is 75.3 Å². The van der Waals surface area contributed by atoms with Crippen LogP contribution in [-0.2, 0) is 14.4 Å². The second-order valence-electron chi connectivity index (χ2n) is 6.46. The molecule has 1 aromatic rings. The third kappa shape index (κ3) is 5.09. The molecule has 130 valence electrons. The van der Waals surface area contributed by atoms with Crippen LogP contribution in [0.15, 0.2) is 29.2 Å². The summed E-state index contributed by atoms with van der Waals surface area (Å²) in [5, 5.41) is 5.31. The van der Waals surface area contributed by atoms with E-state index in [-0.39, 0.29) is 28.9 Å². The molecule has 1 saturated carbocycles. The largest absolute Gasteiger partial charge is 0.348 e. The smallest absolute Gasteiger partial charge is 0.230 e. The molecule has 0 spiro atoms. The van der Waals surface area contributed by atoms with Gasteiger partial charge in [-0.25, -0.2) is 0 Å². The molecule has 1 aliphatic carbocycles. The summed E-state index contributed by atoms with van der Waals surface area (Å²) in [7, 11) is 0. The predicted molar refractivity (Wildman–Crippen MR) is 95.8 cm³/mol. The minimum Gasteiger partial charge on any atom is -0.348 e. The maximum absolute atomic E-state index is 12.7. The zero-order valence-corrected chi connectivity index (χ0v) is 15.0. The molecule has 0 unspecified atom stereocenters. The predicted octanol–water partition coefficient (Wildman–Crippen LogP) is 3.35. The Balaban J connectivity index is 2.04. The molecule has 0 aromatic heterocycles. The Morgan fingerprint density at radius 1 is 1.12 bits per heavy atom. The number of nitrogens with one attached hydrogen (secondary N) is 2. The minimum atomic E-state index is -0.337. The van der Waals surface area contributed by atoms with E-state index in [0.29, 0.717) is 10.6 Å². The molecule has 0 radical (unpaired) electrons. The molecule has 24 heavy (non-hydrogen) atoms. The quantitative estimate of drug-likeness (QED) is 0.800. The molecule has 0 atom stereocenters. The summed E-state index contributed by atoms with van der Waals surface area (Å²) < 4.78 is 0. The second kappa shape index (κ2) is 8.33. The van der Waals surface area contributed by atoms with Gasteiger partial charge >= 0.3 is 0 Å². The molecule has 0 saturated heterocycles. The zero-order chi connectivity index (χ0) is 17.6. The third-order valence-corrected chi connectivity index (χ3v) is 5.29. The van der Waals surface area contributed by atoms with Crippen molar-refractivity contribution in [1.82, 2.24) is 5.32 Å². The van der Waals surface area contributed by atoms with Crippen molar-refractivity contribution in [2.75, 3.05) is 11.9 Å². The Labute approximate surface area is 147 Å². The van der Waals surface area contributed by atoms with Gasteiger partial charge in [0.1, 0.15) is 0 Å². The Morgan fingerprint density at radius 2 is 1.79 bits per heavy atom. The van der Waals surface area contributed by atoms with Crippen LogP contribution in [0, 0.1) is 5.41 Å². The van der Waals surface area contributed by atoms with Crippen molar-refractivity contribution in [2.24, 2.45) is 5.41 Å². The summed E-state index contributed by atoms with van der Waals surface area (Å²) in [6.07, 6.45) is 5.14. The lowest BCUT2D eigenvalue weighted by Gasteiger charge is -2.32. The molecule has 2 N–H and O–H groups in total. The van der Waals surface area contributed by atoms with Crippen LogP contribution in [0.5, 0.6) is 0 Å². The lowest BCUT2D eigenvalue weighted by Crippen LogP contribution is -2.35. The molecule has 2 amide bonds. The summed E-state index contributed by atoms with van der Waals surface area (Å²) in [6.45, 7) is 3.36. The highest BCUT2D eigenvalue weighted by atomic mass is 32.2. The standard InChI is InChI=1S/C18H24N2O3S/c1-13(21)19-12-16(22)24-15-9-5-4-8-14(15)20-17(23)18(2)10-6-3-7-11-18/h4-5,8-9H,3,6-7,10-12H2,1-2H3,(H,19,21)(H,20,23). The number of hydrogen-bond acceptors (Lipinski definition) is 4. The zero-order valence-electron chi connectivity index (χ0n) is 14.2. The van der Waals surface area contributed by atoms with Crippen molar-refractivity contribution >= 4 is 34.4 Å². The van der Waals surface area contributed by atoms with Gasteiger partial charge in [0.15, 0.2) is 0 Å². The van der Waals surface area contributed by atoms with E-state index in [2.05, 4.69) is 10.6 Å². The van der Waals surface area contributed by atoms with Crippen molar-refractivity contribution in [3.63, 3.8) is 0 Å². The van der Waals surface area contributed by atoms with E-state index in [0.717, 1.165) is 37.4 Å². The van der Waals surface area contributed by atoms with Crippen LogP contribution >= 0.6 is 11.8 Å². The number of thioether (sulfide) groups is 1. The molecular formula is C18H24N2O3S. The molecular weight excluding hydrogens is 324 g/mol. The average molecular weight is 348 g/mol. The monoisotopic (exact) mass is 348 g/mol. The van der Waals surface area contributed by atoms with Gasteiger partial charge in [0.2, 0.25) is 16.9 Å². The fourth-order valence-corrected chi connectivity index (χ4v) is 3.61. The highest BCUT2D eigenvalue weighted by Gasteiger charge is 2.34. The maximum atomic E-state index is 12.7. The van der Waals surface area contributed by atoms with E-state index in [9.17, 15) is 14.4 Å². The van der Waals surface area contributed by atoms with Gasteiger partial charge in [-0.15, -0.1) is 0 Å². The summed E-state index contributed by atoms with van der Waals surface area (Å²) in [5.41, 5.74) is 0.312. The van der Waals surface area contributed by atoms with Gasteiger partial charge in [-0.3, -0.25) is 14.4 Å². The van der Waals surface area contributed by atoms with E-state index in [1.165, 1.54) is 13.3 Å². The highest BCUT2D eigenvalue weighted by molar-refractivity contribution is 8.13. The van der Waals surface area contributed by atoms with Gasteiger partial charge in [0.25, 0.3) is 0 Å². The van der Waals surface area contributed by atoms with Crippen LogP contribution < -0.4 is 10.6 Å². The Kier molecular flexibility index (Phi) is 6.43. The van der Waals surface area contributed by atoms with Gasteiger partial charge < -0.3 is 10.6 Å². The molecule has 5 nitrogen and oxygen atoms in total. The second-order valence-corrected chi connectivity index (χ2v) is 7.55. The summed E-state index contributed by atoms with van der Waals surface area (Å²) >= 11 is 1.03. The maximum Gasteiger partial charge on any atom is 0.230 e. The molecule has 0 heterocycles. The van der Waals surface area contributed by atoms with Crippen LogP contribution in [0.4, 0.5) is 5.69 Å². The molecule has 1 aliphatic rings. The van der Waals surface area contributed by atoms with Crippen LogP contribution in [0.2, 0.25) is 0 Å². The van der Waals surface area contributed by atoms with Crippen LogP contribution in [0.3, 0.4) is 0 Å². The minimum absolute atomic E-state index is 0.0181. The Morgan fingerprint density at radius 3 is 2.46 bits per heavy atom. The van der Waals surface area contributed by atoms with Crippen molar-refractivity contribution < 1.29 is 14.4 Å². The number of para-hydroxylation sites is 1. The average Bonchev–Trinajstić information content (AvgIpc) is 2.55. The summed E-state index contributed by atoms with van der Waals surface area (Å²) in [4.78, 5) is 36.2. The first-order valence-corrected chi connectivity index (χ1v) is 9.08. The van der Waals surface area contributed by atoms with Crippen LogP contribution in [-0.4, -0.2) is 23.5 Å². The fraction of sp³-hybridized carbons (Fsp3) is 0.500. The first-order chi connectivity index (χ1) is 11.4. The number of benzene rings is 1. The van der Waals surface area contributed by atoms with Crippen molar-refractivity contribution in [1.29, 1.82) is 0 Å². The third-order valence-electron chi connectivity index (χ3n) is 4.35. The lowest BCUT2D eigenvalue weighted by atomic mass is 9.75. The van der Waals surface area contributed by atoms with Crippen molar-refractivity contribution in [2.45, 2.75) is 50.8 Å². The number of hydrogen-bond donors (Lipinski definition) is 2. The SMILES string of the molecule is CC(=O)NCC(=O)Sc1ccccc1NC(=O)C1(C)CCCCC1. The summed E-state index contributed by atoms with van der Waals surface area (Å²) in [6, 6.07) is 7.26. The Bertz CT molecular complexity index is 624. The summed E-state index contributed by atoms with van der Waals surface area (Å²) in [5.74, 6) is -0.222. The van der Waals surface area contributed by atoms with E-state index in [4.69, 9.17) is 0 Å². The number of carbonyl (C=O) groups excluding carboxylic acids is 3. The van der Waals surface area contributed by atoms with Gasteiger partial charge in [0, 0.05) is 17.2 Å². The van der Waals surface area contributed by atoms with Crippen molar-refractivity contribution in [3.8, 4) is 0 Å². The lowest BCUT2D eigenvalue weighted by molar-refractivity contribution is -0.126. The molecule has 1 fully saturated rings. The van der Waals surface area contributed by atoms with Crippen LogP contribution in [0.25, 0.3) is 0 Å². The van der Waals surface area contributed by atoms with E-state index < -0.39 is 0 Å². The van der Waals surface area contributed by atoms with Gasteiger partial charge in [0.05, 0.1) is 12.2 Å². The van der Waals surface area contributed by atoms with E-state index >= 15 is 0 Å². The van der Waals surface area contributed by atoms with Crippen molar-refractivity contribution in [3.05, 3.63) is 24.3 Å². The van der Waals surface area contributed by atoms with Crippen LogP contribution in [0.1, 0.15) is 46.0 Å².